The molecule has 1 atom stereocenters. The fourth-order valence-corrected chi connectivity index (χ4v) is 3.76. The highest BCUT2D eigenvalue weighted by Gasteiger charge is 2.30. The van der Waals surface area contributed by atoms with Gasteiger partial charge >= 0.3 is 0 Å². The van der Waals surface area contributed by atoms with E-state index in [2.05, 4.69) is 20.9 Å². The molecule has 0 radical (unpaired) electrons. The second kappa shape index (κ2) is 8.36. The fraction of sp³-hybridized carbons (Fsp3) is 0.273. The van der Waals surface area contributed by atoms with Crippen LogP contribution in [0, 0.1) is 6.92 Å². The third-order valence-corrected chi connectivity index (χ3v) is 5.17. The summed E-state index contributed by atoms with van der Waals surface area (Å²) in [7, 11) is 0. The van der Waals surface area contributed by atoms with E-state index >= 15 is 0 Å². The van der Waals surface area contributed by atoms with Gasteiger partial charge in [-0.2, -0.15) is 0 Å². The van der Waals surface area contributed by atoms with Crippen LogP contribution in [0.5, 0.6) is 0 Å². The molecule has 3 aromatic rings. The van der Waals surface area contributed by atoms with Gasteiger partial charge in [-0.05, 0) is 37.6 Å². The zero-order valence-electron chi connectivity index (χ0n) is 16.6. The smallest absolute Gasteiger partial charge is 0.264 e. The largest absolute Gasteiger partial charge is 0.383 e. The number of hydrogen-bond donors (Lipinski definition) is 3. The molecule has 1 aliphatic heterocycles. The first-order valence-electron chi connectivity index (χ1n) is 9.93. The molecule has 3 N–H and O–H groups in total. The van der Waals surface area contributed by atoms with Crippen molar-refractivity contribution in [3.8, 4) is 0 Å². The normalized spacial score (nSPS) is 16.4. The Bertz CT molecular complexity index is 1160. The van der Waals surface area contributed by atoms with Gasteiger partial charge in [0.1, 0.15) is 11.9 Å². The second-order valence-corrected chi connectivity index (χ2v) is 7.22. The quantitative estimate of drug-likeness (QED) is 0.429. The van der Waals surface area contributed by atoms with E-state index in [1.54, 1.807) is 13.0 Å². The van der Waals surface area contributed by atoms with Crippen molar-refractivity contribution in [1.29, 1.82) is 0 Å². The molecule has 4 rings (SSSR count). The highest BCUT2D eigenvalue weighted by Crippen LogP contribution is 2.23. The molecule has 2 aromatic carbocycles. The summed E-state index contributed by atoms with van der Waals surface area (Å²) in [6.45, 7) is 2.97. The van der Waals surface area contributed by atoms with Crippen LogP contribution >= 0.6 is 0 Å². The topological polar surface area (TPSA) is 105 Å². The zero-order valence-corrected chi connectivity index (χ0v) is 16.6. The number of nitrogens with one attached hydrogen (secondary N) is 3. The summed E-state index contributed by atoms with van der Waals surface area (Å²) in [5.74, 6) is -0.330. The first-order chi connectivity index (χ1) is 14.5. The molecule has 0 saturated carbocycles. The van der Waals surface area contributed by atoms with Crippen LogP contribution in [0.4, 0.5) is 11.4 Å². The molecule has 30 heavy (non-hydrogen) atoms. The SMILES string of the molecule is Cc1nc2cccc(NCCNc3ccccc3)c2c(=O)n1C1CCC(=O)NC1=O. The van der Waals surface area contributed by atoms with Gasteiger partial charge in [0.05, 0.1) is 10.9 Å². The number of aromatic nitrogens is 2. The molecule has 8 nitrogen and oxygen atoms in total. The summed E-state index contributed by atoms with van der Waals surface area (Å²) >= 11 is 0. The maximum Gasteiger partial charge on any atom is 0.264 e. The van der Waals surface area contributed by atoms with Gasteiger partial charge in [-0.15, -0.1) is 0 Å². The molecule has 1 aromatic heterocycles. The van der Waals surface area contributed by atoms with Gasteiger partial charge in [-0.1, -0.05) is 24.3 Å². The lowest BCUT2D eigenvalue weighted by molar-refractivity contribution is -0.135. The summed E-state index contributed by atoms with van der Waals surface area (Å²) in [6.07, 6.45) is 0.487. The number of rotatable bonds is 6. The number of carbonyl (C=O) groups is 2. The Morgan fingerprint density at radius 3 is 2.57 bits per heavy atom. The van der Waals surface area contributed by atoms with Crippen molar-refractivity contribution in [3.63, 3.8) is 0 Å². The van der Waals surface area contributed by atoms with Crippen LogP contribution in [0.15, 0.2) is 53.3 Å². The van der Waals surface area contributed by atoms with E-state index in [0.29, 0.717) is 35.5 Å². The maximum absolute atomic E-state index is 13.4. The maximum atomic E-state index is 13.4. The Hall–Kier alpha value is -3.68. The Morgan fingerprint density at radius 1 is 1.03 bits per heavy atom. The number of nitrogens with zero attached hydrogens (tertiary/aromatic N) is 2. The summed E-state index contributed by atoms with van der Waals surface area (Å²) < 4.78 is 1.40. The number of anilines is 2. The van der Waals surface area contributed by atoms with Gasteiger partial charge in [0.15, 0.2) is 0 Å². The van der Waals surface area contributed by atoms with Gasteiger partial charge in [0.2, 0.25) is 11.8 Å². The summed E-state index contributed by atoms with van der Waals surface area (Å²) in [4.78, 5) is 41.7. The van der Waals surface area contributed by atoms with Crippen molar-refractivity contribution in [2.45, 2.75) is 25.8 Å². The van der Waals surface area contributed by atoms with Gasteiger partial charge in [0.25, 0.3) is 5.56 Å². The number of hydrogen-bond acceptors (Lipinski definition) is 6. The number of amides is 2. The average Bonchev–Trinajstić information content (AvgIpc) is 2.73. The van der Waals surface area contributed by atoms with Crippen LogP contribution in [0.25, 0.3) is 10.9 Å². The third kappa shape index (κ3) is 3.89. The van der Waals surface area contributed by atoms with Crippen molar-refractivity contribution in [3.05, 3.63) is 64.7 Å². The Kier molecular flexibility index (Phi) is 5.47. The van der Waals surface area contributed by atoms with Gasteiger partial charge in [-0.3, -0.25) is 24.3 Å². The zero-order chi connectivity index (χ0) is 21.1. The van der Waals surface area contributed by atoms with E-state index in [9.17, 15) is 14.4 Å². The summed E-state index contributed by atoms with van der Waals surface area (Å²) in [5.41, 5.74) is 1.98. The van der Waals surface area contributed by atoms with E-state index < -0.39 is 11.9 Å². The highest BCUT2D eigenvalue weighted by atomic mass is 16.2. The summed E-state index contributed by atoms with van der Waals surface area (Å²) in [5, 5.41) is 9.36. The molecule has 1 fully saturated rings. The lowest BCUT2D eigenvalue weighted by Crippen LogP contribution is -2.45. The first kappa shape index (κ1) is 19.6. The Labute approximate surface area is 173 Å². The van der Waals surface area contributed by atoms with Crippen molar-refractivity contribution in [1.82, 2.24) is 14.9 Å². The molecule has 2 heterocycles. The van der Waals surface area contributed by atoms with Crippen LogP contribution in [0.3, 0.4) is 0 Å². The minimum absolute atomic E-state index is 0.200. The molecule has 1 aliphatic rings. The van der Waals surface area contributed by atoms with E-state index in [-0.39, 0.29) is 24.3 Å². The van der Waals surface area contributed by atoms with E-state index in [1.807, 2.05) is 42.5 Å². The molecule has 8 heteroatoms. The first-order valence-corrected chi connectivity index (χ1v) is 9.93. The van der Waals surface area contributed by atoms with Crippen LogP contribution in [-0.2, 0) is 9.59 Å². The Balaban J connectivity index is 1.60. The van der Waals surface area contributed by atoms with E-state index in [1.165, 1.54) is 4.57 Å². The number of fused-ring (bicyclic) bond motifs is 1. The number of aryl methyl sites for hydroxylation is 1. The van der Waals surface area contributed by atoms with Crippen molar-refractivity contribution in [2.24, 2.45) is 0 Å². The molecule has 0 bridgehead atoms. The minimum atomic E-state index is -0.736. The Morgan fingerprint density at radius 2 is 1.80 bits per heavy atom. The predicted octanol–water partition coefficient (Wildman–Crippen LogP) is 2.21. The number of benzene rings is 2. The van der Waals surface area contributed by atoms with Gasteiger partial charge in [0, 0.05) is 30.9 Å². The van der Waals surface area contributed by atoms with Crippen LogP contribution in [0.2, 0.25) is 0 Å². The van der Waals surface area contributed by atoms with Crippen LogP contribution in [-0.4, -0.2) is 34.5 Å². The van der Waals surface area contributed by atoms with Crippen LogP contribution in [0.1, 0.15) is 24.7 Å². The highest BCUT2D eigenvalue weighted by molar-refractivity contribution is 5.99. The average molecular weight is 405 g/mol. The molecule has 154 valence electrons. The number of imide groups is 1. The number of piperidine rings is 1. The standard InChI is InChI=1S/C22H23N5O3/c1-14-25-17-9-5-8-16(24-13-12-23-15-6-3-2-4-7-15)20(17)22(30)27(14)18-10-11-19(28)26-21(18)29/h2-9,18,23-24H,10-13H2,1H3,(H,26,28,29). The number of para-hydroxylation sites is 1. The van der Waals surface area contributed by atoms with Gasteiger partial charge in [-0.25, -0.2) is 4.98 Å². The molecule has 0 aliphatic carbocycles. The summed E-state index contributed by atoms with van der Waals surface area (Å²) in [6, 6.07) is 14.6. The minimum Gasteiger partial charge on any atom is -0.383 e. The molecular formula is C22H23N5O3. The molecule has 2 amide bonds. The van der Waals surface area contributed by atoms with Gasteiger partial charge < -0.3 is 10.6 Å². The van der Waals surface area contributed by atoms with E-state index in [0.717, 1.165) is 5.69 Å². The molecule has 1 unspecified atom stereocenters. The monoisotopic (exact) mass is 405 g/mol. The second-order valence-electron chi connectivity index (χ2n) is 7.22. The molecule has 0 spiro atoms. The fourth-order valence-electron chi connectivity index (χ4n) is 3.76. The van der Waals surface area contributed by atoms with Crippen molar-refractivity contribution < 1.29 is 9.59 Å². The van der Waals surface area contributed by atoms with Crippen LogP contribution < -0.4 is 21.5 Å². The lowest BCUT2D eigenvalue weighted by Gasteiger charge is -2.24. The molecular weight excluding hydrogens is 382 g/mol. The van der Waals surface area contributed by atoms with Crippen molar-refractivity contribution in [2.75, 3.05) is 23.7 Å². The third-order valence-electron chi connectivity index (χ3n) is 5.17. The lowest BCUT2D eigenvalue weighted by atomic mass is 10.1. The van der Waals surface area contributed by atoms with Crippen molar-refractivity contribution >= 4 is 34.1 Å². The number of carbonyl (C=O) groups excluding carboxylic acids is 2. The predicted molar refractivity (Wildman–Crippen MR) is 116 cm³/mol. The molecule has 1 saturated heterocycles. The van der Waals surface area contributed by atoms with E-state index in [4.69, 9.17) is 0 Å².